The number of nitrogens with zero attached hydrogens (tertiary/aromatic N) is 9. The van der Waals surface area contributed by atoms with Crippen LogP contribution in [0, 0.1) is 27.7 Å². The SMILES string of the molecule is COc1cc(C)c(S(=O)(=O)N2CCCCC2COCC(=O)N2CCn3cc(CN4CCCCC4)nc3C2)c(C)c1.COc1cc(C)c(S(=O)(=O)N2CCCCC2COCC(=O)O)c(C)c1.c1c(CN2CCCCC2)nc2n1CCNC2. The van der Waals surface area contributed by atoms with Crippen molar-refractivity contribution >= 4 is 31.9 Å². The van der Waals surface area contributed by atoms with Gasteiger partial charge < -0.3 is 43.4 Å². The summed E-state index contributed by atoms with van der Waals surface area (Å²) in [5, 5.41) is 12.1. The van der Waals surface area contributed by atoms with Crippen LogP contribution in [0.3, 0.4) is 0 Å². The summed E-state index contributed by atoms with van der Waals surface area (Å²) < 4.78 is 83.1. The van der Waals surface area contributed by atoms with Crippen LogP contribution in [-0.2, 0) is 78.4 Å². The number of amides is 1. The van der Waals surface area contributed by atoms with Crippen LogP contribution in [0.2, 0.25) is 0 Å². The molecule has 2 atom stereocenters. The average molecular weight is 1170 g/mol. The summed E-state index contributed by atoms with van der Waals surface area (Å²) in [7, 11) is -4.30. The molecule has 81 heavy (non-hydrogen) atoms. The van der Waals surface area contributed by atoms with E-state index >= 15 is 0 Å². The molecule has 6 aliphatic rings. The molecule has 2 aromatic heterocycles. The molecule has 4 fully saturated rings. The zero-order valence-corrected chi connectivity index (χ0v) is 50.3. The molecule has 23 heteroatoms. The number of carboxylic acid groups (broad SMARTS) is 1. The molecule has 448 valence electrons. The Hall–Kier alpha value is -4.98. The zero-order chi connectivity index (χ0) is 57.7. The third kappa shape index (κ3) is 16.2. The molecular formula is C58H88N10O11S2. The maximum Gasteiger partial charge on any atom is 0.329 e. The summed E-state index contributed by atoms with van der Waals surface area (Å²) in [5.41, 5.74) is 4.92. The number of methoxy groups -OCH3 is 2. The number of likely N-dealkylation sites (tertiary alicyclic amines) is 2. The third-order valence-electron chi connectivity index (χ3n) is 16.3. The molecule has 0 bridgehead atoms. The molecular weight excluding hydrogens is 1080 g/mol. The molecule has 8 heterocycles. The van der Waals surface area contributed by atoms with Crippen LogP contribution >= 0.6 is 0 Å². The van der Waals surface area contributed by atoms with E-state index in [0.717, 1.165) is 89.6 Å². The number of hydrogen-bond donors (Lipinski definition) is 2. The van der Waals surface area contributed by atoms with Crippen molar-refractivity contribution in [2.75, 3.05) is 93.0 Å². The van der Waals surface area contributed by atoms with Crippen LogP contribution in [0.5, 0.6) is 11.5 Å². The monoisotopic (exact) mass is 1160 g/mol. The number of carbonyl (C=O) groups excluding carboxylic acids is 1. The highest BCUT2D eigenvalue weighted by atomic mass is 32.2. The third-order valence-corrected chi connectivity index (χ3v) is 20.8. The van der Waals surface area contributed by atoms with E-state index in [-0.39, 0.29) is 37.8 Å². The van der Waals surface area contributed by atoms with Crippen LogP contribution in [0.4, 0.5) is 0 Å². The normalized spacial score (nSPS) is 20.5. The predicted octanol–water partition coefficient (Wildman–Crippen LogP) is 6.03. The second-order valence-electron chi connectivity index (χ2n) is 22.5. The number of carbonyl (C=O) groups is 2. The fraction of sp³-hybridized carbons (Fsp3) is 0.655. The van der Waals surface area contributed by atoms with Crippen molar-refractivity contribution in [3.8, 4) is 11.5 Å². The highest BCUT2D eigenvalue weighted by Crippen LogP contribution is 2.34. The minimum Gasteiger partial charge on any atom is -0.497 e. The maximum atomic E-state index is 13.8. The van der Waals surface area contributed by atoms with Gasteiger partial charge in [0.25, 0.3) is 0 Å². The number of imidazole rings is 2. The van der Waals surface area contributed by atoms with E-state index in [9.17, 15) is 26.4 Å². The second-order valence-corrected chi connectivity index (χ2v) is 26.1. The van der Waals surface area contributed by atoms with E-state index in [1.165, 1.54) is 67.4 Å². The van der Waals surface area contributed by atoms with Crippen molar-refractivity contribution in [2.45, 2.75) is 166 Å². The van der Waals surface area contributed by atoms with Crippen molar-refractivity contribution < 1.29 is 50.5 Å². The van der Waals surface area contributed by atoms with Gasteiger partial charge in [-0.1, -0.05) is 25.7 Å². The Balaban J connectivity index is 0.000000177. The number of fused-ring (bicyclic) bond motifs is 2. The van der Waals surface area contributed by atoms with E-state index in [1.54, 1.807) is 75.4 Å². The Morgan fingerprint density at radius 1 is 0.580 bits per heavy atom. The molecule has 0 spiro atoms. The first-order valence-electron chi connectivity index (χ1n) is 29.2. The highest BCUT2D eigenvalue weighted by molar-refractivity contribution is 7.89. The van der Waals surface area contributed by atoms with Gasteiger partial charge in [-0.3, -0.25) is 14.6 Å². The lowest BCUT2D eigenvalue weighted by Gasteiger charge is -2.35. The van der Waals surface area contributed by atoms with Crippen LogP contribution in [-0.4, -0.2) is 181 Å². The molecule has 2 unspecified atom stereocenters. The summed E-state index contributed by atoms with van der Waals surface area (Å²) in [5.74, 6) is 2.24. The largest absolute Gasteiger partial charge is 0.497 e. The number of carboxylic acids is 1. The molecule has 4 aromatic rings. The van der Waals surface area contributed by atoms with Crippen molar-refractivity contribution in [1.82, 2.24) is 47.7 Å². The lowest BCUT2D eigenvalue weighted by Crippen LogP contribution is -2.47. The quantitative estimate of drug-likeness (QED) is 0.116. The first-order valence-corrected chi connectivity index (χ1v) is 32.1. The lowest BCUT2D eigenvalue weighted by atomic mass is 10.1. The van der Waals surface area contributed by atoms with Gasteiger partial charge in [0, 0.05) is 76.8 Å². The second kappa shape index (κ2) is 29.0. The van der Waals surface area contributed by atoms with Gasteiger partial charge in [-0.05, 0) is 152 Å². The summed E-state index contributed by atoms with van der Waals surface area (Å²) in [6.07, 6.45) is 17.1. The zero-order valence-electron chi connectivity index (χ0n) is 48.7. The van der Waals surface area contributed by atoms with Gasteiger partial charge in [0.05, 0.1) is 61.7 Å². The molecule has 1 amide bonds. The number of sulfonamides is 2. The number of hydrogen-bond acceptors (Lipinski definition) is 15. The fourth-order valence-electron chi connectivity index (χ4n) is 12.3. The maximum absolute atomic E-state index is 13.8. The van der Waals surface area contributed by atoms with Crippen molar-refractivity contribution in [2.24, 2.45) is 0 Å². The highest BCUT2D eigenvalue weighted by Gasteiger charge is 2.38. The molecule has 6 aliphatic heterocycles. The Labute approximate surface area is 480 Å². The van der Waals surface area contributed by atoms with E-state index in [0.29, 0.717) is 82.6 Å². The Morgan fingerprint density at radius 2 is 1.02 bits per heavy atom. The smallest absolute Gasteiger partial charge is 0.329 e. The summed E-state index contributed by atoms with van der Waals surface area (Å²) >= 11 is 0. The van der Waals surface area contributed by atoms with Gasteiger partial charge in [-0.15, -0.1) is 0 Å². The van der Waals surface area contributed by atoms with Crippen molar-refractivity contribution in [3.05, 3.63) is 81.9 Å². The van der Waals surface area contributed by atoms with E-state index in [4.69, 9.17) is 34.0 Å². The van der Waals surface area contributed by atoms with E-state index < -0.39 is 32.6 Å². The van der Waals surface area contributed by atoms with Crippen LogP contribution in [0.15, 0.2) is 46.5 Å². The van der Waals surface area contributed by atoms with Gasteiger partial charge >= 0.3 is 5.97 Å². The molecule has 2 N–H and O–H groups in total. The standard InChI is InChI=1S/C29H43N5O5S.C17H25NO6S.C12H20N4/c1-22-15-26(38-3)16-23(2)29(22)40(36,37)34-12-8-5-9-25(34)20-39-21-28(35)33-14-13-32-18-24(30-27(32)19-33)17-31-10-6-4-7-11-31;1-12-8-15(23-3)9-13(2)17(12)25(21,22)18-7-5-4-6-14(18)10-24-11-16(19)20;1-2-5-15(6-3-1)9-11-10-16-7-4-13-8-12(16)14-11/h15-16,18,25H,4-14,17,19-21H2,1-3H3;8-9,14H,4-7,10-11H2,1-3H3,(H,19,20);10,13H,1-9H2. The Morgan fingerprint density at radius 3 is 1.48 bits per heavy atom. The minimum absolute atomic E-state index is 0.0632. The fourth-order valence-corrected chi connectivity index (χ4v) is 16.5. The van der Waals surface area contributed by atoms with Crippen LogP contribution in [0.1, 0.15) is 122 Å². The first-order chi connectivity index (χ1) is 38.9. The molecule has 0 saturated carbocycles. The first kappa shape index (κ1) is 62.1. The summed E-state index contributed by atoms with van der Waals surface area (Å²) in [4.78, 5) is 40.6. The molecule has 0 radical (unpaired) electrons. The summed E-state index contributed by atoms with van der Waals surface area (Å²) in [6, 6.07) is 6.28. The predicted molar refractivity (Wildman–Crippen MR) is 307 cm³/mol. The molecule has 10 rings (SSSR count). The van der Waals surface area contributed by atoms with Gasteiger partial charge in [0.1, 0.15) is 36.4 Å². The molecule has 21 nitrogen and oxygen atoms in total. The van der Waals surface area contributed by atoms with Crippen molar-refractivity contribution in [1.29, 1.82) is 0 Å². The van der Waals surface area contributed by atoms with E-state index in [2.05, 4.69) is 36.6 Å². The Bertz CT molecular complexity index is 2900. The van der Waals surface area contributed by atoms with E-state index in [1.807, 2.05) is 0 Å². The Kier molecular flexibility index (Phi) is 22.2. The van der Waals surface area contributed by atoms with Gasteiger partial charge in [0.15, 0.2) is 0 Å². The lowest BCUT2D eigenvalue weighted by molar-refractivity contribution is -0.142. The van der Waals surface area contributed by atoms with Crippen LogP contribution < -0.4 is 14.8 Å². The number of rotatable bonds is 18. The van der Waals surface area contributed by atoms with Crippen molar-refractivity contribution in [3.63, 3.8) is 0 Å². The molecule has 4 saturated heterocycles. The topological polar surface area (TPSA) is 223 Å². The van der Waals surface area contributed by atoms with Gasteiger partial charge in [-0.2, -0.15) is 8.61 Å². The van der Waals surface area contributed by atoms with Gasteiger partial charge in [-0.25, -0.2) is 31.6 Å². The number of aromatic nitrogens is 4. The van der Waals surface area contributed by atoms with Gasteiger partial charge in [0.2, 0.25) is 26.0 Å². The number of piperidine rings is 4. The number of ether oxygens (including phenoxy) is 4. The molecule has 2 aromatic carbocycles. The minimum atomic E-state index is -3.72. The van der Waals surface area contributed by atoms with Crippen LogP contribution in [0.25, 0.3) is 0 Å². The number of aryl methyl sites for hydroxylation is 4. The summed E-state index contributed by atoms with van der Waals surface area (Å²) in [6.45, 7) is 19.3. The molecule has 0 aliphatic carbocycles. The number of benzene rings is 2. The average Bonchev–Trinajstić information content (AvgIpc) is 4.11. The number of nitrogens with one attached hydrogen (secondary N) is 1. The number of aliphatic carboxylic acids is 1.